The molecule has 0 aliphatic carbocycles. The first-order chi connectivity index (χ1) is 10.0. The number of amides is 1. The molecule has 1 atom stereocenters. The molecule has 0 fully saturated rings. The van der Waals surface area contributed by atoms with Crippen LogP contribution in [0.5, 0.6) is 5.75 Å². The van der Waals surface area contributed by atoms with Crippen molar-refractivity contribution in [1.29, 1.82) is 0 Å². The van der Waals surface area contributed by atoms with Crippen molar-refractivity contribution < 1.29 is 19.4 Å². The molecule has 1 rings (SSSR count). The van der Waals surface area contributed by atoms with E-state index in [0.717, 1.165) is 12.2 Å². The highest BCUT2D eigenvalue weighted by molar-refractivity contribution is 5.94. The van der Waals surface area contributed by atoms with Crippen LogP contribution in [0.3, 0.4) is 0 Å². The number of carboxylic acid groups (broad SMARTS) is 1. The molecule has 0 radical (unpaired) electrons. The molecule has 1 aromatic rings. The summed E-state index contributed by atoms with van der Waals surface area (Å²) in [5, 5.41) is 11.4. The van der Waals surface area contributed by atoms with Crippen LogP contribution in [0.4, 0.5) is 0 Å². The van der Waals surface area contributed by atoms with Crippen molar-refractivity contribution in [2.75, 3.05) is 13.2 Å². The van der Waals surface area contributed by atoms with E-state index in [0.29, 0.717) is 25.1 Å². The van der Waals surface area contributed by atoms with E-state index in [1.807, 2.05) is 13.8 Å². The first-order valence-corrected chi connectivity index (χ1v) is 7.25. The van der Waals surface area contributed by atoms with E-state index < -0.39 is 5.97 Å². The number of hydrogen-bond acceptors (Lipinski definition) is 3. The highest BCUT2D eigenvalue weighted by atomic mass is 16.5. The van der Waals surface area contributed by atoms with Gasteiger partial charge in [0.2, 0.25) is 0 Å². The standard InChI is InChI=1S/C16H23NO4/c1-3-21-14-7-5-13(6-8-14)16(20)17-11-10-12(2)4-9-15(18)19/h5-8,12H,3-4,9-11H2,1-2H3,(H,17,20)(H,18,19). The molecule has 0 aliphatic heterocycles. The molecule has 5 heteroatoms. The molecule has 116 valence electrons. The summed E-state index contributed by atoms with van der Waals surface area (Å²) in [6.07, 6.45) is 1.58. The maximum Gasteiger partial charge on any atom is 0.303 e. The van der Waals surface area contributed by atoms with Crippen molar-refractivity contribution in [3.05, 3.63) is 29.8 Å². The Kier molecular flexibility index (Phi) is 7.29. The van der Waals surface area contributed by atoms with Crippen LogP contribution >= 0.6 is 0 Å². The summed E-state index contributed by atoms with van der Waals surface area (Å²) in [4.78, 5) is 22.4. The second-order valence-corrected chi connectivity index (χ2v) is 5.04. The van der Waals surface area contributed by atoms with E-state index >= 15 is 0 Å². The van der Waals surface area contributed by atoms with E-state index in [2.05, 4.69) is 5.32 Å². The molecule has 0 aromatic heterocycles. The highest BCUT2D eigenvalue weighted by Gasteiger charge is 2.08. The second-order valence-electron chi connectivity index (χ2n) is 5.04. The fourth-order valence-corrected chi connectivity index (χ4v) is 1.92. The first kappa shape index (κ1) is 17.0. The second kappa shape index (κ2) is 9.00. The van der Waals surface area contributed by atoms with Gasteiger partial charge in [-0.05, 0) is 49.9 Å². The van der Waals surface area contributed by atoms with Gasteiger partial charge in [-0.1, -0.05) is 6.92 Å². The van der Waals surface area contributed by atoms with Crippen molar-refractivity contribution in [3.8, 4) is 5.75 Å². The Morgan fingerprint density at radius 3 is 2.48 bits per heavy atom. The normalized spacial score (nSPS) is 11.7. The van der Waals surface area contributed by atoms with E-state index in [1.54, 1.807) is 24.3 Å². The minimum atomic E-state index is -0.778. The average molecular weight is 293 g/mol. The number of rotatable bonds is 9. The summed E-state index contributed by atoms with van der Waals surface area (Å²) in [7, 11) is 0. The lowest BCUT2D eigenvalue weighted by atomic mass is 10.0. The van der Waals surface area contributed by atoms with E-state index in [1.165, 1.54) is 0 Å². The molecule has 21 heavy (non-hydrogen) atoms. The first-order valence-electron chi connectivity index (χ1n) is 7.25. The van der Waals surface area contributed by atoms with Crippen LogP contribution in [0.2, 0.25) is 0 Å². The predicted octanol–water partition coefficient (Wildman–Crippen LogP) is 2.71. The van der Waals surface area contributed by atoms with Crippen molar-refractivity contribution in [3.63, 3.8) is 0 Å². The summed E-state index contributed by atoms with van der Waals surface area (Å²) >= 11 is 0. The molecule has 0 saturated carbocycles. The van der Waals surface area contributed by atoms with Crippen LogP contribution in [0.15, 0.2) is 24.3 Å². The van der Waals surface area contributed by atoms with Crippen LogP contribution in [0.25, 0.3) is 0 Å². The number of carbonyl (C=O) groups excluding carboxylic acids is 1. The van der Waals surface area contributed by atoms with Gasteiger partial charge >= 0.3 is 5.97 Å². The van der Waals surface area contributed by atoms with Crippen LogP contribution in [-0.2, 0) is 4.79 Å². The van der Waals surface area contributed by atoms with E-state index in [-0.39, 0.29) is 18.2 Å². The third-order valence-electron chi connectivity index (χ3n) is 3.20. The fourth-order valence-electron chi connectivity index (χ4n) is 1.92. The quantitative estimate of drug-likeness (QED) is 0.734. The van der Waals surface area contributed by atoms with Crippen molar-refractivity contribution in [2.24, 2.45) is 5.92 Å². The maximum absolute atomic E-state index is 11.9. The van der Waals surface area contributed by atoms with E-state index in [9.17, 15) is 9.59 Å². The molecule has 0 bridgehead atoms. The minimum Gasteiger partial charge on any atom is -0.494 e. The zero-order valence-electron chi connectivity index (χ0n) is 12.6. The van der Waals surface area contributed by atoms with Gasteiger partial charge in [0.25, 0.3) is 5.91 Å². The SMILES string of the molecule is CCOc1ccc(C(=O)NCCC(C)CCC(=O)O)cc1. The van der Waals surface area contributed by atoms with Gasteiger partial charge in [-0.2, -0.15) is 0 Å². The summed E-state index contributed by atoms with van der Waals surface area (Å²) in [5.74, 6) is 0.127. The molecular formula is C16H23NO4. The zero-order chi connectivity index (χ0) is 15.7. The average Bonchev–Trinajstić information content (AvgIpc) is 2.46. The lowest BCUT2D eigenvalue weighted by Crippen LogP contribution is -2.25. The number of hydrogen-bond donors (Lipinski definition) is 2. The smallest absolute Gasteiger partial charge is 0.303 e. The largest absolute Gasteiger partial charge is 0.494 e. The van der Waals surface area contributed by atoms with Gasteiger partial charge in [-0.25, -0.2) is 0 Å². The number of aliphatic carboxylic acids is 1. The molecular weight excluding hydrogens is 270 g/mol. The summed E-state index contributed by atoms with van der Waals surface area (Å²) in [6.45, 7) is 5.05. The van der Waals surface area contributed by atoms with Gasteiger partial charge in [-0.3, -0.25) is 9.59 Å². The van der Waals surface area contributed by atoms with Crippen LogP contribution in [0.1, 0.15) is 43.5 Å². The lowest BCUT2D eigenvalue weighted by molar-refractivity contribution is -0.137. The molecule has 1 aromatic carbocycles. The van der Waals surface area contributed by atoms with Gasteiger partial charge in [0.05, 0.1) is 6.61 Å². The topological polar surface area (TPSA) is 75.6 Å². The van der Waals surface area contributed by atoms with E-state index in [4.69, 9.17) is 9.84 Å². The molecule has 5 nitrogen and oxygen atoms in total. The maximum atomic E-state index is 11.9. The molecule has 0 spiro atoms. The van der Waals surface area contributed by atoms with Crippen LogP contribution in [0, 0.1) is 5.92 Å². The number of ether oxygens (including phenoxy) is 1. The number of benzene rings is 1. The molecule has 1 unspecified atom stereocenters. The molecule has 2 N–H and O–H groups in total. The number of carboxylic acids is 1. The van der Waals surface area contributed by atoms with Crippen molar-refractivity contribution >= 4 is 11.9 Å². The Morgan fingerprint density at radius 2 is 1.90 bits per heavy atom. The zero-order valence-corrected chi connectivity index (χ0v) is 12.6. The summed E-state index contributed by atoms with van der Waals surface area (Å²) in [6, 6.07) is 7.00. The fraction of sp³-hybridized carbons (Fsp3) is 0.500. The van der Waals surface area contributed by atoms with Gasteiger partial charge in [-0.15, -0.1) is 0 Å². The minimum absolute atomic E-state index is 0.122. The highest BCUT2D eigenvalue weighted by Crippen LogP contribution is 2.12. The molecule has 0 saturated heterocycles. The third kappa shape index (κ3) is 6.79. The Morgan fingerprint density at radius 1 is 1.24 bits per heavy atom. The molecule has 0 aliphatic rings. The van der Waals surface area contributed by atoms with Gasteiger partial charge in [0.1, 0.15) is 5.75 Å². The summed E-state index contributed by atoms with van der Waals surface area (Å²) in [5.41, 5.74) is 0.594. The number of carbonyl (C=O) groups is 2. The van der Waals surface area contributed by atoms with Crippen molar-refractivity contribution in [2.45, 2.75) is 33.1 Å². The Bertz CT molecular complexity index is 456. The van der Waals surface area contributed by atoms with Crippen molar-refractivity contribution in [1.82, 2.24) is 5.32 Å². The Labute approximate surface area is 125 Å². The van der Waals surface area contributed by atoms with Crippen LogP contribution in [-0.4, -0.2) is 30.1 Å². The molecule has 0 heterocycles. The van der Waals surface area contributed by atoms with Gasteiger partial charge in [0.15, 0.2) is 0 Å². The Hall–Kier alpha value is -2.04. The summed E-state index contributed by atoms with van der Waals surface area (Å²) < 4.78 is 5.32. The van der Waals surface area contributed by atoms with Crippen LogP contribution < -0.4 is 10.1 Å². The lowest BCUT2D eigenvalue weighted by Gasteiger charge is -2.11. The predicted molar refractivity (Wildman–Crippen MR) is 80.6 cm³/mol. The van der Waals surface area contributed by atoms with Gasteiger partial charge < -0.3 is 15.2 Å². The monoisotopic (exact) mass is 293 g/mol. The Balaban J connectivity index is 2.31. The van der Waals surface area contributed by atoms with Gasteiger partial charge in [0, 0.05) is 18.5 Å². The number of nitrogens with one attached hydrogen (secondary N) is 1. The third-order valence-corrected chi connectivity index (χ3v) is 3.20. The molecule has 1 amide bonds.